The first-order chi connectivity index (χ1) is 7.29. The molecule has 1 aliphatic heterocycles. The number of allylic oxidation sites excluding steroid dienone is 2. The third-order valence-corrected chi connectivity index (χ3v) is 2.33. The Bertz CT molecular complexity index is 393. The number of hydrogen-bond acceptors (Lipinski definition) is 3. The van der Waals surface area contributed by atoms with Crippen LogP contribution in [0.4, 0.5) is 0 Å². The summed E-state index contributed by atoms with van der Waals surface area (Å²) in [5.74, 6) is 1.48. The van der Waals surface area contributed by atoms with Crippen LogP contribution < -0.4 is 10.5 Å². The average molecular weight is 203 g/mol. The highest BCUT2D eigenvalue weighted by atomic mass is 16.5. The lowest BCUT2D eigenvalue weighted by Gasteiger charge is -2.14. The zero-order chi connectivity index (χ0) is 10.7. The number of ether oxygens (including phenoxy) is 2. The molecule has 3 nitrogen and oxygen atoms in total. The molecule has 1 aliphatic rings. The smallest absolute Gasteiger partial charge is 0.186 e. The highest BCUT2D eigenvalue weighted by Gasteiger charge is 2.09. The average Bonchev–Trinajstić information content (AvgIpc) is 2.29. The molecule has 0 fully saturated rings. The van der Waals surface area contributed by atoms with Gasteiger partial charge in [0.05, 0.1) is 13.4 Å². The molecule has 0 saturated carbocycles. The molecular formula is C12H13NO2. The Morgan fingerprint density at radius 2 is 2.00 bits per heavy atom. The molecule has 78 valence electrons. The SMILES string of the molecule is COc1ccc([C@@H]2C=COC(N)=C2)cc1. The number of nitrogens with two attached hydrogens (primary N) is 1. The molecule has 1 atom stereocenters. The monoisotopic (exact) mass is 203 g/mol. The van der Waals surface area contributed by atoms with E-state index in [0.717, 1.165) is 5.75 Å². The Labute approximate surface area is 88.8 Å². The molecule has 2 N–H and O–H groups in total. The lowest BCUT2D eigenvalue weighted by Crippen LogP contribution is -2.06. The Hall–Kier alpha value is -1.90. The van der Waals surface area contributed by atoms with Crippen molar-refractivity contribution in [2.24, 2.45) is 5.73 Å². The Kier molecular flexibility index (Phi) is 2.63. The van der Waals surface area contributed by atoms with Gasteiger partial charge in [-0.15, -0.1) is 0 Å². The molecule has 0 radical (unpaired) electrons. The van der Waals surface area contributed by atoms with Gasteiger partial charge >= 0.3 is 0 Å². The van der Waals surface area contributed by atoms with Crippen LogP contribution in [0.25, 0.3) is 0 Å². The van der Waals surface area contributed by atoms with Crippen LogP contribution in [0.1, 0.15) is 11.5 Å². The minimum atomic E-state index is 0.185. The first kappa shape index (κ1) is 9.65. The summed E-state index contributed by atoms with van der Waals surface area (Å²) in [6.45, 7) is 0. The fourth-order valence-electron chi connectivity index (χ4n) is 1.51. The summed E-state index contributed by atoms with van der Waals surface area (Å²) in [5, 5.41) is 0. The summed E-state index contributed by atoms with van der Waals surface area (Å²) in [6.07, 6.45) is 5.45. The van der Waals surface area contributed by atoms with Crippen molar-refractivity contribution in [1.82, 2.24) is 0 Å². The molecule has 1 heterocycles. The van der Waals surface area contributed by atoms with Crippen LogP contribution in [0.2, 0.25) is 0 Å². The van der Waals surface area contributed by atoms with Gasteiger partial charge < -0.3 is 15.2 Å². The molecule has 2 rings (SSSR count). The predicted octanol–water partition coefficient (Wildman–Crippen LogP) is 2.12. The highest BCUT2D eigenvalue weighted by molar-refractivity contribution is 5.35. The van der Waals surface area contributed by atoms with E-state index in [0.29, 0.717) is 5.88 Å². The third kappa shape index (κ3) is 2.13. The van der Waals surface area contributed by atoms with Crippen LogP contribution >= 0.6 is 0 Å². The Morgan fingerprint density at radius 3 is 2.60 bits per heavy atom. The van der Waals surface area contributed by atoms with E-state index in [-0.39, 0.29) is 5.92 Å². The van der Waals surface area contributed by atoms with Crippen LogP contribution in [0.5, 0.6) is 5.75 Å². The van der Waals surface area contributed by atoms with Crippen LogP contribution in [0, 0.1) is 0 Å². The molecule has 0 saturated heterocycles. The van der Waals surface area contributed by atoms with Gasteiger partial charge in [0.2, 0.25) is 0 Å². The molecule has 0 unspecified atom stereocenters. The van der Waals surface area contributed by atoms with Crippen LogP contribution in [0.3, 0.4) is 0 Å². The zero-order valence-electron chi connectivity index (χ0n) is 8.51. The molecule has 0 aliphatic carbocycles. The van der Waals surface area contributed by atoms with Gasteiger partial charge in [0.25, 0.3) is 0 Å². The van der Waals surface area contributed by atoms with E-state index in [1.165, 1.54) is 5.56 Å². The lowest BCUT2D eigenvalue weighted by atomic mass is 9.98. The van der Waals surface area contributed by atoms with Gasteiger partial charge in [-0.2, -0.15) is 0 Å². The first-order valence-electron chi connectivity index (χ1n) is 4.74. The minimum absolute atomic E-state index is 0.185. The first-order valence-corrected chi connectivity index (χ1v) is 4.74. The second-order valence-corrected chi connectivity index (χ2v) is 3.31. The van der Waals surface area contributed by atoms with Gasteiger partial charge in [-0.05, 0) is 29.8 Å². The maximum absolute atomic E-state index is 5.58. The second kappa shape index (κ2) is 4.09. The van der Waals surface area contributed by atoms with Crippen molar-refractivity contribution in [1.29, 1.82) is 0 Å². The number of methoxy groups -OCH3 is 1. The lowest BCUT2D eigenvalue weighted by molar-refractivity contribution is 0.334. The fourth-order valence-corrected chi connectivity index (χ4v) is 1.51. The summed E-state index contributed by atoms with van der Waals surface area (Å²) >= 11 is 0. The Balaban J connectivity index is 2.22. The maximum Gasteiger partial charge on any atom is 0.186 e. The van der Waals surface area contributed by atoms with Gasteiger partial charge in [0.1, 0.15) is 5.75 Å². The van der Waals surface area contributed by atoms with Crippen molar-refractivity contribution in [3.05, 3.63) is 54.1 Å². The summed E-state index contributed by atoms with van der Waals surface area (Å²) < 4.78 is 10.1. The second-order valence-electron chi connectivity index (χ2n) is 3.31. The van der Waals surface area contributed by atoms with Crippen molar-refractivity contribution in [2.45, 2.75) is 5.92 Å². The quantitative estimate of drug-likeness (QED) is 0.800. The molecular weight excluding hydrogens is 190 g/mol. The van der Waals surface area contributed by atoms with Crippen molar-refractivity contribution >= 4 is 0 Å². The van der Waals surface area contributed by atoms with E-state index < -0.39 is 0 Å². The molecule has 1 aromatic rings. The maximum atomic E-state index is 5.58. The van der Waals surface area contributed by atoms with Crippen LogP contribution in [-0.2, 0) is 4.74 Å². The van der Waals surface area contributed by atoms with E-state index in [4.69, 9.17) is 15.2 Å². The summed E-state index contributed by atoms with van der Waals surface area (Å²) in [5.41, 5.74) is 6.75. The molecule has 0 aromatic heterocycles. The summed E-state index contributed by atoms with van der Waals surface area (Å²) in [6, 6.07) is 7.90. The standard InChI is InChI=1S/C12H13NO2/c1-14-11-4-2-9(3-5-11)10-6-7-15-12(13)8-10/h2-8,10H,13H2,1H3/t10-/m1/s1. The molecule has 0 amide bonds. The normalized spacial score (nSPS) is 19.3. The summed E-state index contributed by atoms with van der Waals surface area (Å²) in [7, 11) is 1.65. The van der Waals surface area contributed by atoms with Gasteiger partial charge in [0.15, 0.2) is 5.88 Å². The van der Waals surface area contributed by atoms with E-state index in [1.54, 1.807) is 13.4 Å². The van der Waals surface area contributed by atoms with E-state index in [2.05, 4.69) is 0 Å². The van der Waals surface area contributed by atoms with E-state index in [1.807, 2.05) is 36.4 Å². The predicted molar refractivity (Wildman–Crippen MR) is 58.2 cm³/mol. The van der Waals surface area contributed by atoms with Crippen molar-refractivity contribution in [2.75, 3.05) is 7.11 Å². The number of benzene rings is 1. The topological polar surface area (TPSA) is 44.5 Å². The highest BCUT2D eigenvalue weighted by Crippen LogP contribution is 2.24. The van der Waals surface area contributed by atoms with Crippen molar-refractivity contribution in [3.8, 4) is 5.75 Å². The van der Waals surface area contributed by atoms with Gasteiger partial charge in [-0.1, -0.05) is 12.1 Å². The van der Waals surface area contributed by atoms with Gasteiger partial charge in [-0.3, -0.25) is 0 Å². The molecule has 0 bridgehead atoms. The van der Waals surface area contributed by atoms with Crippen LogP contribution in [0.15, 0.2) is 48.6 Å². The van der Waals surface area contributed by atoms with Crippen LogP contribution in [-0.4, -0.2) is 7.11 Å². The zero-order valence-corrected chi connectivity index (χ0v) is 8.51. The molecule has 15 heavy (non-hydrogen) atoms. The van der Waals surface area contributed by atoms with Crippen molar-refractivity contribution < 1.29 is 9.47 Å². The Morgan fingerprint density at radius 1 is 1.27 bits per heavy atom. The summed E-state index contributed by atoms with van der Waals surface area (Å²) in [4.78, 5) is 0. The van der Waals surface area contributed by atoms with Gasteiger partial charge in [-0.25, -0.2) is 0 Å². The molecule has 1 aromatic carbocycles. The van der Waals surface area contributed by atoms with E-state index >= 15 is 0 Å². The van der Waals surface area contributed by atoms with Crippen molar-refractivity contribution in [3.63, 3.8) is 0 Å². The molecule has 3 heteroatoms. The third-order valence-electron chi connectivity index (χ3n) is 2.33. The largest absolute Gasteiger partial charge is 0.497 e. The molecule has 0 spiro atoms. The number of hydrogen-bond donors (Lipinski definition) is 1. The van der Waals surface area contributed by atoms with E-state index in [9.17, 15) is 0 Å². The van der Waals surface area contributed by atoms with Gasteiger partial charge in [0, 0.05) is 5.92 Å². The minimum Gasteiger partial charge on any atom is -0.497 e. The fraction of sp³-hybridized carbons (Fsp3) is 0.167. The number of rotatable bonds is 2.